The van der Waals surface area contributed by atoms with Crippen LogP contribution in [-0.4, -0.2) is 25.2 Å². The molecule has 5 heteroatoms. The average molecular weight is 283 g/mol. The van der Waals surface area contributed by atoms with Crippen molar-refractivity contribution in [3.05, 3.63) is 29.8 Å². The van der Waals surface area contributed by atoms with Gasteiger partial charge in [0.15, 0.2) is 9.84 Å². The molecule has 106 valence electrons. The minimum atomic E-state index is -3.12. The number of nitrogen functional groups attached to an aromatic ring is 1. The molecular weight excluding hydrogens is 262 g/mol. The van der Waals surface area contributed by atoms with E-state index in [0.29, 0.717) is 18.5 Å². The first-order chi connectivity index (χ1) is 8.81. The van der Waals surface area contributed by atoms with E-state index in [0.717, 1.165) is 5.56 Å². The maximum atomic E-state index is 11.7. The van der Waals surface area contributed by atoms with Crippen molar-refractivity contribution in [1.29, 1.82) is 0 Å². The Labute approximate surface area is 114 Å². The second-order valence-electron chi connectivity index (χ2n) is 4.95. The molecule has 0 aliphatic carbocycles. The van der Waals surface area contributed by atoms with Crippen LogP contribution in [0.1, 0.15) is 32.3 Å². The van der Waals surface area contributed by atoms with Crippen LogP contribution in [0.5, 0.6) is 0 Å². The highest BCUT2D eigenvalue weighted by atomic mass is 32.2. The van der Waals surface area contributed by atoms with Gasteiger partial charge in [0.1, 0.15) is 5.78 Å². The molecule has 19 heavy (non-hydrogen) atoms. The number of anilines is 1. The van der Waals surface area contributed by atoms with Gasteiger partial charge in [-0.05, 0) is 38.0 Å². The van der Waals surface area contributed by atoms with Crippen molar-refractivity contribution in [2.24, 2.45) is 0 Å². The number of hydrogen-bond donors (Lipinski definition) is 1. The summed E-state index contributed by atoms with van der Waals surface area (Å²) in [6.45, 7) is 3.26. The third-order valence-corrected chi connectivity index (χ3v) is 5.24. The molecule has 0 heterocycles. The third-order valence-electron chi connectivity index (χ3n) is 3.03. The maximum Gasteiger partial charge on any atom is 0.153 e. The van der Waals surface area contributed by atoms with Gasteiger partial charge in [0.2, 0.25) is 0 Å². The van der Waals surface area contributed by atoms with E-state index in [1.807, 2.05) is 18.2 Å². The molecule has 0 aromatic heterocycles. The van der Waals surface area contributed by atoms with E-state index in [1.165, 1.54) is 0 Å². The second-order valence-corrected chi connectivity index (χ2v) is 7.63. The number of nitrogens with two attached hydrogens (primary N) is 1. The van der Waals surface area contributed by atoms with E-state index in [2.05, 4.69) is 0 Å². The van der Waals surface area contributed by atoms with Crippen LogP contribution in [0.25, 0.3) is 0 Å². The van der Waals surface area contributed by atoms with Gasteiger partial charge < -0.3 is 5.73 Å². The van der Waals surface area contributed by atoms with Gasteiger partial charge in [-0.25, -0.2) is 8.42 Å². The van der Waals surface area contributed by atoms with Crippen LogP contribution < -0.4 is 5.73 Å². The number of ketones is 1. The van der Waals surface area contributed by atoms with Crippen molar-refractivity contribution >= 4 is 21.3 Å². The molecule has 0 bridgehead atoms. The van der Waals surface area contributed by atoms with Crippen LogP contribution in [0.3, 0.4) is 0 Å². The first-order valence-corrected chi connectivity index (χ1v) is 8.10. The Morgan fingerprint density at radius 3 is 2.53 bits per heavy atom. The zero-order chi connectivity index (χ0) is 14.5. The molecule has 0 saturated heterocycles. The van der Waals surface area contributed by atoms with Gasteiger partial charge >= 0.3 is 0 Å². The molecule has 1 rings (SSSR count). The van der Waals surface area contributed by atoms with Crippen LogP contribution in [0.2, 0.25) is 0 Å². The molecule has 0 amide bonds. The first kappa shape index (κ1) is 15.7. The fourth-order valence-corrected chi connectivity index (χ4v) is 2.63. The molecule has 0 spiro atoms. The summed E-state index contributed by atoms with van der Waals surface area (Å²) in [4.78, 5) is 11.7. The number of aryl methyl sites for hydroxylation is 1. The molecule has 0 atom stereocenters. The Morgan fingerprint density at radius 1 is 1.26 bits per heavy atom. The number of carbonyl (C=O) groups is 1. The van der Waals surface area contributed by atoms with E-state index < -0.39 is 15.1 Å². The lowest BCUT2D eigenvalue weighted by Gasteiger charge is -2.07. The monoisotopic (exact) mass is 283 g/mol. The van der Waals surface area contributed by atoms with Crippen molar-refractivity contribution in [3.63, 3.8) is 0 Å². The molecular formula is C14H21NO3S. The number of benzene rings is 1. The van der Waals surface area contributed by atoms with Crippen LogP contribution in [0, 0.1) is 0 Å². The quantitative estimate of drug-likeness (QED) is 0.776. The predicted octanol–water partition coefficient (Wildman–Crippen LogP) is 1.98. The Kier molecular flexibility index (Phi) is 5.54. The van der Waals surface area contributed by atoms with Gasteiger partial charge in [-0.1, -0.05) is 12.1 Å². The topological polar surface area (TPSA) is 77.2 Å². The summed E-state index contributed by atoms with van der Waals surface area (Å²) in [5.41, 5.74) is 7.32. The fraction of sp³-hybridized carbons (Fsp3) is 0.500. The Hall–Kier alpha value is -1.36. The van der Waals surface area contributed by atoms with Gasteiger partial charge in [-0.15, -0.1) is 0 Å². The highest BCUT2D eigenvalue weighted by molar-refractivity contribution is 7.91. The molecule has 4 nitrogen and oxygen atoms in total. The lowest BCUT2D eigenvalue weighted by Crippen LogP contribution is -2.20. The molecule has 0 radical (unpaired) electrons. The number of carbonyl (C=O) groups excluding carboxylic acids is 1. The lowest BCUT2D eigenvalue weighted by molar-refractivity contribution is -0.118. The van der Waals surface area contributed by atoms with Crippen molar-refractivity contribution in [2.75, 3.05) is 11.5 Å². The van der Waals surface area contributed by atoms with Crippen molar-refractivity contribution in [3.8, 4) is 0 Å². The number of Topliss-reactive ketones (excluding diaryl/α,β-unsaturated/α-hetero) is 1. The van der Waals surface area contributed by atoms with Crippen LogP contribution >= 0.6 is 0 Å². The highest BCUT2D eigenvalue weighted by Crippen LogP contribution is 2.10. The van der Waals surface area contributed by atoms with Crippen LogP contribution in [0.15, 0.2) is 24.3 Å². The molecule has 0 aliphatic rings. The molecule has 0 unspecified atom stereocenters. The summed E-state index contributed by atoms with van der Waals surface area (Å²) in [6, 6.07) is 7.38. The first-order valence-electron chi connectivity index (χ1n) is 6.39. The number of hydrogen-bond acceptors (Lipinski definition) is 4. The molecule has 1 aromatic carbocycles. The number of sulfone groups is 1. The van der Waals surface area contributed by atoms with Gasteiger partial charge in [0.05, 0.1) is 11.0 Å². The summed E-state index contributed by atoms with van der Waals surface area (Å²) < 4.78 is 23.2. The maximum absolute atomic E-state index is 11.7. The Balaban J connectivity index is 2.41. The van der Waals surface area contributed by atoms with Gasteiger partial charge in [0, 0.05) is 18.5 Å². The van der Waals surface area contributed by atoms with E-state index in [9.17, 15) is 13.2 Å². The zero-order valence-corrected chi connectivity index (χ0v) is 12.2. The normalized spacial score (nSPS) is 11.7. The van der Waals surface area contributed by atoms with Crippen molar-refractivity contribution in [1.82, 2.24) is 0 Å². The Bertz CT molecular complexity index is 535. The van der Waals surface area contributed by atoms with Crippen LogP contribution in [0.4, 0.5) is 5.69 Å². The number of rotatable bonds is 7. The van der Waals surface area contributed by atoms with Gasteiger partial charge in [-0.2, -0.15) is 0 Å². The minimum Gasteiger partial charge on any atom is -0.399 e. The van der Waals surface area contributed by atoms with Crippen molar-refractivity contribution < 1.29 is 13.2 Å². The molecule has 0 saturated carbocycles. The summed E-state index contributed by atoms with van der Waals surface area (Å²) in [6.07, 6.45) is 1.06. The summed E-state index contributed by atoms with van der Waals surface area (Å²) in [5, 5.41) is -0.422. The zero-order valence-electron chi connectivity index (χ0n) is 11.4. The standard InChI is InChI=1S/C14H21NO3S/c1-11(2)19(17,18)9-8-14(16)7-6-12-4-3-5-13(15)10-12/h3-5,10-11H,6-9,15H2,1-2H3. The molecule has 2 N–H and O–H groups in total. The van der Waals surface area contributed by atoms with Crippen molar-refractivity contribution in [2.45, 2.75) is 38.4 Å². The molecule has 0 fully saturated rings. The molecule has 1 aromatic rings. The van der Waals surface area contributed by atoms with E-state index in [-0.39, 0.29) is 18.0 Å². The predicted molar refractivity (Wildman–Crippen MR) is 77.7 cm³/mol. The average Bonchev–Trinajstić information content (AvgIpc) is 2.34. The van der Waals surface area contributed by atoms with E-state index >= 15 is 0 Å². The van der Waals surface area contributed by atoms with Crippen LogP contribution in [-0.2, 0) is 21.1 Å². The third kappa shape index (κ3) is 5.42. The second kappa shape index (κ2) is 6.70. The minimum absolute atomic E-state index is 0.0216. The summed E-state index contributed by atoms with van der Waals surface area (Å²) in [7, 11) is -3.12. The highest BCUT2D eigenvalue weighted by Gasteiger charge is 2.17. The van der Waals surface area contributed by atoms with E-state index in [4.69, 9.17) is 5.73 Å². The summed E-state index contributed by atoms with van der Waals surface area (Å²) in [5.74, 6) is -0.0768. The van der Waals surface area contributed by atoms with Gasteiger partial charge in [-0.3, -0.25) is 4.79 Å². The smallest absolute Gasteiger partial charge is 0.153 e. The Morgan fingerprint density at radius 2 is 1.95 bits per heavy atom. The van der Waals surface area contributed by atoms with Gasteiger partial charge in [0.25, 0.3) is 0 Å². The molecule has 0 aliphatic heterocycles. The lowest BCUT2D eigenvalue weighted by atomic mass is 10.1. The fourth-order valence-electron chi connectivity index (χ4n) is 1.65. The summed E-state index contributed by atoms with van der Waals surface area (Å²) >= 11 is 0. The largest absolute Gasteiger partial charge is 0.399 e. The SMILES string of the molecule is CC(C)S(=O)(=O)CCC(=O)CCc1cccc(N)c1. The van der Waals surface area contributed by atoms with E-state index in [1.54, 1.807) is 19.9 Å².